The standard InChI is InChI=1S/C23H19ClF2N2O4S/c1-13-11-20(14(2)10-17(13)24)33(31,32)12-15-6-8-16(9-7-15)27-23(30)28-22(29)21-18(25)4-3-5-19(21)26/h3-11H,12H2,1-2H3,(H2,27,28,29,30). The number of halogens is 3. The van der Waals surface area contributed by atoms with Crippen molar-refractivity contribution in [3.05, 3.63) is 93.5 Å². The molecule has 10 heteroatoms. The number of sulfone groups is 1. The summed E-state index contributed by atoms with van der Waals surface area (Å²) in [6, 6.07) is 10.9. The Kier molecular flexibility index (Phi) is 7.14. The summed E-state index contributed by atoms with van der Waals surface area (Å²) >= 11 is 6.04. The Bertz CT molecular complexity index is 1320. The number of hydrogen-bond donors (Lipinski definition) is 2. The van der Waals surface area contributed by atoms with Gasteiger partial charge in [0.25, 0.3) is 5.91 Å². The van der Waals surface area contributed by atoms with E-state index in [0.717, 1.165) is 18.2 Å². The van der Waals surface area contributed by atoms with Crippen molar-refractivity contribution in [3.8, 4) is 0 Å². The first-order chi connectivity index (χ1) is 15.5. The monoisotopic (exact) mass is 492 g/mol. The van der Waals surface area contributed by atoms with Crippen LogP contribution in [0.25, 0.3) is 0 Å². The van der Waals surface area contributed by atoms with Gasteiger partial charge in [0.15, 0.2) is 9.84 Å². The van der Waals surface area contributed by atoms with Crippen LogP contribution in [0.3, 0.4) is 0 Å². The van der Waals surface area contributed by atoms with Crippen LogP contribution < -0.4 is 10.6 Å². The number of imide groups is 1. The highest BCUT2D eigenvalue weighted by Gasteiger charge is 2.21. The zero-order valence-electron chi connectivity index (χ0n) is 17.6. The summed E-state index contributed by atoms with van der Waals surface area (Å²) in [5, 5.41) is 4.67. The summed E-state index contributed by atoms with van der Waals surface area (Å²) in [6.07, 6.45) is 0. The minimum atomic E-state index is -3.65. The van der Waals surface area contributed by atoms with Gasteiger partial charge in [0.05, 0.1) is 10.6 Å². The van der Waals surface area contributed by atoms with Crippen LogP contribution in [0.4, 0.5) is 19.3 Å². The van der Waals surface area contributed by atoms with Gasteiger partial charge in [-0.2, -0.15) is 0 Å². The Labute approximate surface area is 194 Å². The van der Waals surface area contributed by atoms with Gasteiger partial charge in [-0.25, -0.2) is 22.0 Å². The molecule has 0 saturated carbocycles. The average molecular weight is 493 g/mol. The van der Waals surface area contributed by atoms with E-state index in [1.165, 1.54) is 30.3 Å². The molecule has 0 aliphatic carbocycles. The second-order valence-corrected chi connectivity index (χ2v) is 9.69. The van der Waals surface area contributed by atoms with Gasteiger partial charge in [0.1, 0.15) is 17.2 Å². The number of aryl methyl sites for hydroxylation is 2. The Balaban J connectivity index is 1.67. The highest BCUT2D eigenvalue weighted by Crippen LogP contribution is 2.26. The van der Waals surface area contributed by atoms with Crippen LogP contribution in [0.5, 0.6) is 0 Å². The molecule has 0 saturated heterocycles. The van der Waals surface area contributed by atoms with Gasteiger partial charge in [-0.3, -0.25) is 10.1 Å². The molecule has 172 valence electrons. The minimum Gasteiger partial charge on any atom is -0.308 e. The van der Waals surface area contributed by atoms with Crippen LogP contribution in [0, 0.1) is 25.5 Å². The van der Waals surface area contributed by atoms with Crippen LogP contribution in [0.2, 0.25) is 5.02 Å². The van der Waals surface area contributed by atoms with Crippen molar-refractivity contribution in [2.75, 3.05) is 5.32 Å². The largest absolute Gasteiger partial charge is 0.326 e. The highest BCUT2D eigenvalue weighted by molar-refractivity contribution is 7.90. The van der Waals surface area contributed by atoms with E-state index < -0.39 is 39.0 Å². The minimum absolute atomic E-state index is 0.185. The second-order valence-electron chi connectivity index (χ2n) is 7.33. The number of hydrogen-bond acceptors (Lipinski definition) is 4. The molecule has 6 nitrogen and oxygen atoms in total. The van der Waals surface area contributed by atoms with Gasteiger partial charge in [-0.05, 0) is 66.9 Å². The Morgan fingerprint density at radius 2 is 1.55 bits per heavy atom. The molecule has 3 amide bonds. The first-order valence-electron chi connectivity index (χ1n) is 9.62. The summed E-state index contributed by atoms with van der Waals surface area (Å²) < 4.78 is 53.0. The number of amides is 3. The summed E-state index contributed by atoms with van der Waals surface area (Å²) in [5.74, 6) is -3.71. The molecule has 0 heterocycles. The van der Waals surface area contributed by atoms with Crippen molar-refractivity contribution in [2.45, 2.75) is 24.5 Å². The number of nitrogens with one attached hydrogen (secondary N) is 2. The van der Waals surface area contributed by atoms with Crippen LogP contribution in [-0.2, 0) is 15.6 Å². The maximum atomic E-state index is 13.7. The lowest BCUT2D eigenvalue weighted by atomic mass is 10.2. The van der Waals surface area contributed by atoms with E-state index in [4.69, 9.17) is 11.6 Å². The molecule has 0 aromatic heterocycles. The van der Waals surface area contributed by atoms with Crippen molar-refractivity contribution in [1.29, 1.82) is 0 Å². The van der Waals surface area contributed by atoms with E-state index >= 15 is 0 Å². The third-order valence-electron chi connectivity index (χ3n) is 4.78. The molecule has 3 aromatic carbocycles. The van der Waals surface area contributed by atoms with Gasteiger partial charge in [0, 0.05) is 10.7 Å². The average Bonchev–Trinajstić information content (AvgIpc) is 2.71. The fourth-order valence-electron chi connectivity index (χ4n) is 3.11. The number of anilines is 1. The number of urea groups is 1. The third-order valence-corrected chi connectivity index (χ3v) is 7.01. The van der Waals surface area contributed by atoms with Crippen molar-refractivity contribution < 1.29 is 26.8 Å². The van der Waals surface area contributed by atoms with Gasteiger partial charge in [0.2, 0.25) is 0 Å². The molecule has 0 radical (unpaired) electrons. The maximum Gasteiger partial charge on any atom is 0.326 e. The van der Waals surface area contributed by atoms with Gasteiger partial charge < -0.3 is 5.32 Å². The maximum absolute atomic E-state index is 13.7. The van der Waals surface area contributed by atoms with Crippen molar-refractivity contribution >= 4 is 39.1 Å². The van der Waals surface area contributed by atoms with Crippen molar-refractivity contribution in [1.82, 2.24) is 5.32 Å². The first-order valence-corrected chi connectivity index (χ1v) is 11.7. The van der Waals surface area contributed by atoms with Crippen molar-refractivity contribution in [2.24, 2.45) is 0 Å². The van der Waals surface area contributed by atoms with E-state index in [1.807, 2.05) is 5.32 Å². The number of carbonyl (C=O) groups excluding carboxylic acids is 2. The molecule has 0 aliphatic rings. The van der Waals surface area contributed by atoms with E-state index in [2.05, 4.69) is 5.32 Å². The summed E-state index contributed by atoms with van der Waals surface area (Å²) in [7, 11) is -3.65. The molecule has 0 unspecified atom stereocenters. The second kappa shape index (κ2) is 9.68. The molecule has 3 aromatic rings. The molecule has 0 atom stereocenters. The molecular formula is C23H19ClF2N2O4S. The Morgan fingerprint density at radius 3 is 2.15 bits per heavy atom. The topological polar surface area (TPSA) is 92.3 Å². The third kappa shape index (κ3) is 5.74. The Morgan fingerprint density at radius 1 is 0.939 bits per heavy atom. The molecule has 0 bridgehead atoms. The van der Waals surface area contributed by atoms with E-state index in [1.54, 1.807) is 19.9 Å². The van der Waals surface area contributed by atoms with Gasteiger partial charge in [-0.15, -0.1) is 0 Å². The molecular weight excluding hydrogens is 474 g/mol. The Hall–Kier alpha value is -3.30. The quantitative estimate of drug-likeness (QED) is 0.514. The first kappa shape index (κ1) is 24.3. The van der Waals surface area contributed by atoms with Gasteiger partial charge >= 0.3 is 6.03 Å². The molecule has 0 fully saturated rings. The molecule has 0 spiro atoms. The molecule has 33 heavy (non-hydrogen) atoms. The molecule has 2 N–H and O–H groups in total. The lowest BCUT2D eigenvalue weighted by Gasteiger charge is -2.11. The zero-order chi connectivity index (χ0) is 24.3. The van der Waals surface area contributed by atoms with E-state index in [0.29, 0.717) is 21.7 Å². The van der Waals surface area contributed by atoms with Crippen LogP contribution >= 0.6 is 11.6 Å². The molecule has 0 aliphatic heterocycles. The normalized spacial score (nSPS) is 11.2. The summed E-state index contributed by atoms with van der Waals surface area (Å²) in [4.78, 5) is 24.2. The van der Waals surface area contributed by atoms with Crippen LogP contribution in [0.15, 0.2) is 59.5 Å². The molecule has 3 rings (SSSR count). The predicted molar refractivity (Wildman–Crippen MR) is 121 cm³/mol. The predicted octanol–water partition coefficient (Wildman–Crippen LogP) is 5.17. The van der Waals surface area contributed by atoms with Gasteiger partial charge in [-0.1, -0.05) is 29.8 Å². The summed E-state index contributed by atoms with van der Waals surface area (Å²) in [6.45, 7) is 3.38. The number of benzene rings is 3. The lowest BCUT2D eigenvalue weighted by Crippen LogP contribution is -2.35. The fraction of sp³-hybridized carbons (Fsp3) is 0.130. The van der Waals surface area contributed by atoms with Crippen LogP contribution in [-0.4, -0.2) is 20.4 Å². The van der Waals surface area contributed by atoms with Crippen molar-refractivity contribution in [3.63, 3.8) is 0 Å². The lowest BCUT2D eigenvalue weighted by molar-refractivity contribution is 0.0959. The highest BCUT2D eigenvalue weighted by atomic mass is 35.5. The number of rotatable bonds is 5. The zero-order valence-corrected chi connectivity index (χ0v) is 19.2. The number of carbonyl (C=O) groups is 2. The smallest absolute Gasteiger partial charge is 0.308 e. The summed E-state index contributed by atoms with van der Waals surface area (Å²) in [5.41, 5.74) is 1.03. The van der Waals surface area contributed by atoms with E-state index in [9.17, 15) is 26.8 Å². The van der Waals surface area contributed by atoms with E-state index in [-0.39, 0.29) is 16.3 Å². The fourth-order valence-corrected chi connectivity index (χ4v) is 5.02. The van der Waals surface area contributed by atoms with Crippen LogP contribution in [0.1, 0.15) is 27.0 Å². The SMILES string of the molecule is Cc1cc(S(=O)(=O)Cc2ccc(NC(=O)NC(=O)c3c(F)cccc3F)cc2)c(C)cc1Cl.